The minimum Gasteiger partial charge on any atom is -0.493 e. The molecule has 0 saturated heterocycles. The van der Waals surface area contributed by atoms with Crippen LogP contribution in [0.5, 0.6) is 5.75 Å². The van der Waals surface area contributed by atoms with E-state index >= 15 is 0 Å². The Morgan fingerprint density at radius 3 is 2.62 bits per heavy atom. The van der Waals surface area contributed by atoms with Crippen molar-refractivity contribution in [3.05, 3.63) is 70.3 Å². The molecule has 0 aliphatic carbocycles. The van der Waals surface area contributed by atoms with E-state index in [1.54, 1.807) is 41.3 Å². The van der Waals surface area contributed by atoms with Gasteiger partial charge in [-0.25, -0.2) is 4.98 Å². The predicted molar refractivity (Wildman–Crippen MR) is 100 cm³/mol. The SMILES string of the molecule is CCOc1ccccc1C(=O)N(CC)Cc1nc2ccccc2c(=O)[nH]1. The van der Waals surface area contributed by atoms with Crippen molar-refractivity contribution in [1.82, 2.24) is 14.9 Å². The van der Waals surface area contributed by atoms with Crippen LogP contribution in [0.4, 0.5) is 0 Å². The van der Waals surface area contributed by atoms with Gasteiger partial charge in [0.05, 0.1) is 29.6 Å². The standard InChI is InChI=1S/C20H21N3O3/c1-3-23(20(25)15-10-6-8-12-17(15)26-4-2)13-18-21-16-11-7-5-9-14(16)19(24)22-18/h5-12H,3-4,13H2,1-2H3,(H,21,22,24). The average molecular weight is 351 g/mol. The number of carbonyl (C=O) groups is 1. The van der Waals surface area contributed by atoms with E-state index in [1.165, 1.54) is 0 Å². The summed E-state index contributed by atoms with van der Waals surface area (Å²) in [6.07, 6.45) is 0. The summed E-state index contributed by atoms with van der Waals surface area (Å²) in [5.74, 6) is 0.851. The predicted octanol–water partition coefficient (Wildman–Crippen LogP) is 2.98. The van der Waals surface area contributed by atoms with Gasteiger partial charge < -0.3 is 14.6 Å². The summed E-state index contributed by atoms with van der Waals surface area (Å²) in [7, 11) is 0. The number of H-pyrrole nitrogens is 1. The van der Waals surface area contributed by atoms with Gasteiger partial charge in [0.1, 0.15) is 11.6 Å². The van der Waals surface area contributed by atoms with Crippen LogP contribution in [0.3, 0.4) is 0 Å². The number of amides is 1. The minimum atomic E-state index is -0.205. The average Bonchev–Trinajstić information content (AvgIpc) is 2.66. The highest BCUT2D eigenvalue weighted by Gasteiger charge is 2.19. The number of nitrogens with zero attached hydrogens (tertiary/aromatic N) is 2. The molecule has 134 valence electrons. The zero-order chi connectivity index (χ0) is 18.5. The number of ether oxygens (including phenoxy) is 1. The van der Waals surface area contributed by atoms with Crippen LogP contribution in [0.1, 0.15) is 30.0 Å². The number of hydrogen-bond acceptors (Lipinski definition) is 4. The molecule has 26 heavy (non-hydrogen) atoms. The van der Waals surface area contributed by atoms with Gasteiger partial charge in [0, 0.05) is 6.54 Å². The van der Waals surface area contributed by atoms with Gasteiger partial charge in [-0.3, -0.25) is 9.59 Å². The molecule has 0 atom stereocenters. The Kier molecular flexibility index (Phi) is 5.31. The van der Waals surface area contributed by atoms with Crippen molar-refractivity contribution in [3.63, 3.8) is 0 Å². The monoisotopic (exact) mass is 351 g/mol. The number of benzene rings is 2. The van der Waals surface area contributed by atoms with Crippen LogP contribution < -0.4 is 10.3 Å². The molecule has 6 heteroatoms. The maximum Gasteiger partial charge on any atom is 0.258 e. The molecular formula is C20H21N3O3. The molecular weight excluding hydrogens is 330 g/mol. The van der Waals surface area contributed by atoms with Gasteiger partial charge in [0.25, 0.3) is 11.5 Å². The number of aromatic nitrogens is 2. The molecule has 1 amide bonds. The third-order valence-electron chi connectivity index (χ3n) is 4.09. The van der Waals surface area contributed by atoms with Crippen molar-refractivity contribution >= 4 is 16.8 Å². The number of nitrogens with one attached hydrogen (secondary N) is 1. The largest absolute Gasteiger partial charge is 0.493 e. The summed E-state index contributed by atoms with van der Waals surface area (Å²) in [6, 6.07) is 14.3. The van der Waals surface area contributed by atoms with Crippen molar-refractivity contribution in [2.75, 3.05) is 13.2 Å². The van der Waals surface area contributed by atoms with Crippen molar-refractivity contribution < 1.29 is 9.53 Å². The van der Waals surface area contributed by atoms with Crippen molar-refractivity contribution in [2.24, 2.45) is 0 Å². The summed E-state index contributed by atoms with van der Waals surface area (Å²) in [5.41, 5.74) is 0.910. The van der Waals surface area contributed by atoms with Crippen LogP contribution in [-0.2, 0) is 6.54 Å². The van der Waals surface area contributed by atoms with E-state index in [9.17, 15) is 9.59 Å². The zero-order valence-corrected chi connectivity index (χ0v) is 14.9. The number of para-hydroxylation sites is 2. The molecule has 1 N–H and O–H groups in total. The Hall–Kier alpha value is -3.15. The van der Waals surface area contributed by atoms with Crippen LogP contribution in [0.25, 0.3) is 10.9 Å². The van der Waals surface area contributed by atoms with Crippen LogP contribution in [-0.4, -0.2) is 33.9 Å². The van der Waals surface area contributed by atoms with Gasteiger partial charge in [-0.2, -0.15) is 0 Å². The molecule has 1 aromatic heterocycles. The number of rotatable bonds is 6. The summed E-state index contributed by atoms with van der Waals surface area (Å²) in [6.45, 7) is 4.95. The smallest absolute Gasteiger partial charge is 0.258 e. The van der Waals surface area contributed by atoms with Crippen LogP contribution in [0, 0.1) is 0 Å². The van der Waals surface area contributed by atoms with Crippen LogP contribution in [0.2, 0.25) is 0 Å². The van der Waals surface area contributed by atoms with Crippen LogP contribution in [0.15, 0.2) is 53.3 Å². The number of fused-ring (bicyclic) bond motifs is 1. The van der Waals surface area contributed by atoms with Gasteiger partial charge in [0.2, 0.25) is 0 Å². The van der Waals surface area contributed by atoms with Gasteiger partial charge in [-0.05, 0) is 38.1 Å². The Labute approximate surface area is 151 Å². The van der Waals surface area contributed by atoms with E-state index in [-0.39, 0.29) is 18.0 Å². The van der Waals surface area contributed by atoms with Crippen molar-refractivity contribution in [1.29, 1.82) is 0 Å². The molecule has 6 nitrogen and oxygen atoms in total. The summed E-state index contributed by atoms with van der Waals surface area (Å²) in [5, 5.41) is 0.535. The van der Waals surface area contributed by atoms with E-state index in [0.717, 1.165) is 0 Å². The molecule has 0 fully saturated rings. The third kappa shape index (κ3) is 3.59. The highest BCUT2D eigenvalue weighted by Crippen LogP contribution is 2.20. The lowest BCUT2D eigenvalue weighted by molar-refractivity contribution is 0.0744. The summed E-state index contributed by atoms with van der Waals surface area (Å²) in [4.78, 5) is 34.1. The molecule has 0 unspecified atom stereocenters. The number of carbonyl (C=O) groups excluding carboxylic acids is 1. The lowest BCUT2D eigenvalue weighted by Crippen LogP contribution is -2.32. The second kappa shape index (κ2) is 7.82. The van der Waals surface area contributed by atoms with Crippen molar-refractivity contribution in [2.45, 2.75) is 20.4 Å². The van der Waals surface area contributed by atoms with Crippen LogP contribution >= 0.6 is 0 Å². The summed E-state index contributed by atoms with van der Waals surface area (Å²) < 4.78 is 5.56. The fourth-order valence-corrected chi connectivity index (χ4v) is 2.81. The molecule has 0 spiro atoms. The first-order valence-electron chi connectivity index (χ1n) is 8.63. The first-order chi connectivity index (χ1) is 12.6. The Balaban J connectivity index is 1.90. The number of hydrogen-bond donors (Lipinski definition) is 1. The van der Waals surface area contributed by atoms with Gasteiger partial charge in [0.15, 0.2) is 0 Å². The van der Waals surface area contributed by atoms with E-state index in [2.05, 4.69) is 9.97 Å². The van der Waals surface area contributed by atoms with Crippen molar-refractivity contribution in [3.8, 4) is 5.75 Å². The molecule has 0 saturated carbocycles. The molecule has 3 aromatic rings. The molecule has 2 aromatic carbocycles. The third-order valence-corrected chi connectivity index (χ3v) is 4.09. The first-order valence-corrected chi connectivity index (χ1v) is 8.63. The highest BCUT2D eigenvalue weighted by molar-refractivity contribution is 5.96. The maximum atomic E-state index is 13.0. The topological polar surface area (TPSA) is 75.3 Å². The molecule has 0 radical (unpaired) electrons. The number of aromatic amines is 1. The minimum absolute atomic E-state index is 0.160. The lowest BCUT2D eigenvalue weighted by atomic mass is 10.1. The molecule has 1 heterocycles. The fraction of sp³-hybridized carbons (Fsp3) is 0.250. The Morgan fingerprint density at radius 2 is 1.85 bits per heavy atom. The van der Waals surface area contributed by atoms with Gasteiger partial charge >= 0.3 is 0 Å². The lowest BCUT2D eigenvalue weighted by Gasteiger charge is -2.21. The highest BCUT2D eigenvalue weighted by atomic mass is 16.5. The van der Waals surface area contributed by atoms with E-state index in [0.29, 0.717) is 41.2 Å². The molecule has 3 rings (SSSR count). The normalized spacial score (nSPS) is 10.7. The Bertz CT molecular complexity index is 981. The van der Waals surface area contributed by atoms with E-state index in [1.807, 2.05) is 26.0 Å². The molecule has 0 aliphatic rings. The molecule has 0 bridgehead atoms. The first kappa shape index (κ1) is 17.7. The fourth-order valence-electron chi connectivity index (χ4n) is 2.81. The summed E-state index contributed by atoms with van der Waals surface area (Å²) >= 11 is 0. The molecule has 0 aliphatic heterocycles. The van der Waals surface area contributed by atoms with Gasteiger partial charge in [-0.1, -0.05) is 24.3 Å². The second-order valence-electron chi connectivity index (χ2n) is 5.78. The Morgan fingerprint density at radius 1 is 1.12 bits per heavy atom. The van der Waals surface area contributed by atoms with Gasteiger partial charge in [-0.15, -0.1) is 0 Å². The second-order valence-corrected chi connectivity index (χ2v) is 5.78. The maximum absolute atomic E-state index is 13.0. The zero-order valence-electron chi connectivity index (χ0n) is 14.9. The quantitative estimate of drug-likeness (QED) is 0.741. The van der Waals surface area contributed by atoms with E-state index < -0.39 is 0 Å². The van der Waals surface area contributed by atoms with E-state index in [4.69, 9.17) is 4.74 Å².